The number of phenols is 3. The van der Waals surface area contributed by atoms with Crippen LogP contribution >= 0.6 is 0 Å². The lowest BCUT2D eigenvalue weighted by atomic mass is 9.92. The van der Waals surface area contributed by atoms with Gasteiger partial charge in [-0.2, -0.15) is 0 Å². The number of carbonyl (C=O) groups is 1. The molecule has 1 heterocycles. The van der Waals surface area contributed by atoms with E-state index in [1.807, 2.05) is 13.0 Å². The number of hydrogen-bond donors (Lipinski definition) is 4. The Balaban J connectivity index is 1.77. The number of rotatable bonds is 10. The van der Waals surface area contributed by atoms with Gasteiger partial charge in [0.25, 0.3) is 5.91 Å². The van der Waals surface area contributed by atoms with Gasteiger partial charge in [0.2, 0.25) is 0 Å². The Kier molecular flexibility index (Phi) is 8.69. The van der Waals surface area contributed by atoms with E-state index < -0.39 is 0 Å². The van der Waals surface area contributed by atoms with Crippen LogP contribution in [0.25, 0.3) is 0 Å². The Morgan fingerprint density at radius 1 is 1.06 bits per heavy atom. The SMILES string of the molecule is COC(C)(CCC=C(C)C)CCCC(C)=CCN1C(=O)c2cccc(O)c2Nc2c(O)cc(O)cc21. The summed E-state index contributed by atoms with van der Waals surface area (Å²) in [4.78, 5) is 15.0. The van der Waals surface area contributed by atoms with Crippen LogP contribution in [0, 0.1) is 0 Å². The van der Waals surface area contributed by atoms with E-state index in [-0.39, 0.29) is 52.2 Å². The number of benzene rings is 2. The Morgan fingerprint density at radius 2 is 1.81 bits per heavy atom. The molecule has 4 N–H and O–H groups in total. The minimum atomic E-state index is -0.340. The maximum Gasteiger partial charge on any atom is 0.260 e. The van der Waals surface area contributed by atoms with E-state index in [0.29, 0.717) is 5.69 Å². The summed E-state index contributed by atoms with van der Waals surface area (Å²) in [6.07, 6.45) is 8.91. The Labute approximate surface area is 213 Å². The van der Waals surface area contributed by atoms with Crippen LogP contribution in [0.1, 0.15) is 70.2 Å². The van der Waals surface area contributed by atoms with Crippen LogP contribution in [-0.4, -0.2) is 40.5 Å². The fourth-order valence-corrected chi connectivity index (χ4v) is 4.43. The number of phenolic OH excluding ortho intramolecular Hbond substituents is 3. The first-order chi connectivity index (χ1) is 17.0. The molecule has 0 aromatic heterocycles. The molecule has 2 aromatic carbocycles. The number of nitrogens with one attached hydrogen (secondary N) is 1. The fourth-order valence-electron chi connectivity index (χ4n) is 4.43. The molecule has 7 heteroatoms. The van der Waals surface area contributed by atoms with Gasteiger partial charge in [-0.3, -0.25) is 4.79 Å². The van der Waals surface area contributed by atoms with Gasteiger partial charge in [0.15, 0.2) is 0 Å². The third kappa shape index (κ3) is 6.40. The van der Waals surface area contributed by atoms with E-state index in [2.05, 4.69) is 32.2 Å². The third-order valence-corrected chi connectivity index (χ3v) is 6.76. The maximum absolute atomic E-state index is 13.5. The number of para-hydroxylation sites is 1. The molecule has 0 fully saturated rings. The van der Waals surface area contributed by atoms with Crippen LogP contribution in [0.15, 0.2) is 53.6 Å². The first-order valence-electron chi connectivity index (χ1n) is 12.4. The molecule has 0 saturated heterocycles. The quantitative estimate of drug-likeness (QED) is 0.165. The minimum absolute atomic E-state index is 0.0985. The van der Waals surface area contributed by atoms with Crippen molar-refractivity contribution in [3.8, 4) is 17.2 Å². The zero-order chi connectivity index (χ0) is 26.5. The normalized spacial score (nSPS) is 14.9. The average molecular weight is 495 g/mol. The highest BCUT2D eigenvalue weighted by Crippen LogP contribution is 2.45. The Bertz CT molecular complexity index is 1170. The average Bonchev–Trinajstić information content (AvgIpc) is 2.93. The van der Waals surface area contributed by atoms with Gasteiger partial charge < -0.3 is 30.3 Å². The molecule has 1 atom stereocenters. The second-order valence-corrected chi connectivity index (χ2v) is 9.98. The van der Waals surface area contributed by atoms with Gasteiger partial charge >= 0.3 is 0 Å². The molecule has 1 amide bonds. The molecule has 7 nitrogen and oxygen atoms in total. The second-order valence-electron chi connectivity index (χ2n) is 9.98. The lowest BCUT2D eigenvalue weighted by Gasteiger charge is -2.28. The maximum atomic E-state index is 13.5. The molecule has 1 aliphatic heterocycles. The fraction of sp³-hybridized carbons (Fsp3) is 0.414. The van der Waals surface area contributed by atoms with E-state index in [0.717, 1.165) is 37.7 Å². The molecular weight excluding hydrogens is 456 g/mol. The van der Waals surface area contributed by atoms with Crippen LogP contribution in [0.5, 0.6) is 17.2 Å². The van der Waals surface area contributed by atoms with Gasteiger partial charge in [0.1, 0.15) is 22.9 Å². The number of methoxy groups -OCH3 is 1. The van der Waals surface area contributed by atoms with Crippen molar-refractivity contribution in [2.45, 2.75) is 65.4 Å². The van der Waals surface area contributed by atoms with Gasteiger partial charge in [-0.15, -0.1) is 0 Å². The van der Waals surface area contributed by atoms with Crippen molar-refractivity contribution in [2.75, 3.05) is 23.9 Å². The summed E-state index contributed by atoms with van der Waals surface area (Å²) in [6, 6.07) is 7.33. The van der Waals surface area contributed by atoms with Crippen LogP contribution in [-0.2, 0) is 4.74 Å². The van der Waals surface area contributed by atoms with Crippen molar-refractivity contribution in [1.82, 2.24) is 0 Å². The van der Waals surface area contributed by atoms with E-state index in [1.54, 1.807) is 19.2 Å². The highest BCUT2D eigenvalue weighted by molar-refractivity contribution is 6.15. The van der Waals surface area contributed by atoms with Crippen LogP contribution in [0.2, 0.25) is 0 Å². The van der Waals surface area contributed by atoms with E-state index in [9.17, 15) is 20.1 Å². The van der Waals surface area contributed by atoms with Gasteiger partial charge in [-0.1, -0.05) is 29.4 Å². The lowest BCUT2D eigenvalue weighted by molar-refractivity contribution is -0.00881. The largest absolute Gasteiger partial charge is 0.508 e. The summed E-state index contributed by atoms with van der Waals surface area (Å²) in [5.74, 6) is -0.814. The lowest BCUT2D eigenvalue weighted by Crippen LogP contribution is -2.30. The van der Waals surface area contributed by atoms with Gasteiger partial charge in [-0.25, -0.2) is 0 Å². The molecule has 0 bridgehead atoms. The van der Waals surface area contributed by atoms with E-state index in [1.165, 1.54) is 28.7 Å². The number of allylic oxidation sites excluding steroid dienone is 3. The molecule has 36 heavy (non-hydrogen) atoms. The summed E-state index contributed by atoms with van der Waals surface area (Å²) in [7, 11) is 1.77. The van der Waals surface area contributed by atoms with E-state index in [4.69, 9.17) is 4.74 Å². The summed E-state index contributed by atoms with van der Waals surface area (Å²) >= 11 is 0. The molecule has 0 aliphatic carbocycles. The first kappa shape index (κ1) is 27.1. The summed E-state index contributed by atoms with van der Waals surface area (Å²) in [6.45, 7) is 8.64. The van der Waals surface area contributed by atoms with Gasteiger partial charge in [0, 0.05) is 25.8 Å². The molecule has 0 radical (unpaired) electrons. The number of fused-ring (bicyclic) bond motifs is 2. The molecular formula is C29H38N2O5. The summed E-state index contributed by atoms with van der Waals surface area (Å²) in [5.41, 5.74) is 3.35. The van der Waals surface area contributed by atoms with Crippen molar-refractivity contribution >= 4 is 23.0 Å². The highest BCUT2D eigenvalue weighted by Gasteiger charge is 2.30. The number of nitrogens with zero attached hydrogens (tertiary/aromatic N) is 1. The number of anilines is 3. The molecule has 194 valence electrons. The van der Waals surface area contributed by atoms with Crippen LogP contribution in [0.3, 0.4) is 0 Å². The number of ether oxygens (including phenoxy) is 1. The zero-order valence-corrected chi connectivity index (χ0v) is 21.9. The number of hydrogen-bond acceptors (Lipinski definition) is 6. The number of carbonyl (C=O) groups excluding carboxylic acids is 1. The number of amides is 1. The highest BCUT2D eigenvalue weighted by atomic mass is 16.5. The van der Waals surface area contributed by atoms with Gasteiger partial charge in [-0.05, 0) is 71.9 Å². The van der Waals surface area contributed by atoms with E-state index >= 15 is 0 Å². The smallest absolute Gasteiger partial charge is 0.260 e. The monoisotopic (exact) mass is 494 g/mol. The Morgan fingerprint density at radius 3 is 2.50 bits per heavy atom. The van der Waals surface area contributed by atoms with Crippen molar-refractivity contribution in [1.29, 1.82) is 0 Å². The first-order valence-corrected chi connectivity index (χ1v) is 12.4. The van der Waals surface area contributed by atoms with Crippen LogP contribution in [0.4, 0.5) is 17.1 Å². The molecule has 0 saturated carbocycles. The predicted octanol–water partition coefficient (Wildman–Crippen LogP) is 6.78. The van der Waals surface area contributed by atoms with Crippen LogP contribution < -0.4 is 10.2 Å². The minimum Gasteiger partial charge on any atom is -0.508 e. The molecule has 3 rings (SSSR count). The second kappa shape index (κ2) is 11.5. The predicted molar refractivity (Wildman–Crippen MR) is 145 cm³/mol. The standard InChI is InChI=1S/C29H38N2O5/c1-19(2)9-7-14-29(4,36-5)15-8-10-20(3)13-16-31-23-17-21(32)18-25(34)27(23)30-26-22(28(31)35)11-6-12-24(26)33/h6,9,11-13,17-18,30,32-34H,7-8,10,14-16H2,1-5H3. The zero-order valence-electron chi connectivity index (χ0n) is 21.9. The number of aromatic hydroxyl groups is 3. The van der Waals surface area contributed by atoms with Gasteiger partial charge in [0.05, 0.1) is 22.5 Å². The van der Waals surface area contributed by atoms with Crippen molar-refractivity contribution < 1.29 is 24.9 Å². The summed E-state index contributed by atoms with van der Waals surface area (Å²) in [5, 5.41) is 33.9. The van der Waals surface area contributed by atoms with Crippen molar-refractivity contribution in [2.24, 2.45) is 0 Å². The van der Waals surface area contributed by atoms with Crippen molar-refractivity contribution in [3.05, 3.63) is 59.2 Å². The Hall–Kier alpha value is -3.45. The molecule has 0 spiro atoms. The third-order valence-electron chi connectivity index (χ3n) is 6.76. The molecule has 1 unspecified atom stereocenters. The molecule has 1 aliphatic rings. The molecule has 2 aromatic rings. The topological polar surface area (TPSA) is 102 Å². The van der Waals surface area contributed by atoms with Crippen molar-refractivity contribution in [3.63, 3.8) is 0 Å². The summed E-state index contributed by atoms with van der Waals surface area (Å²) < 4.78 is 5.81.